The van der Waals surface area contributed by atoms with Crippen LogP contribution in [0.4, 0.5) is 0 Å². The first-order chi connectivity index (χ1) is 6.36. The van der Waals surface area contributed by atoms with Crippen molar-refractivity contribution in [3.05, 3.63) is 36.3 Å². The number of nitrogens with zero attached hydrogens (tertiary/aromatic N) is 2. The highest BCUT2D eigenvalue weighted by Crippen LogP contribution is 2.12. The summed E-state index contributed by atoms with van der Waals surface area (Å²) in [6, 6.07) is 5.49. The van der Waals surface area contributed by atoms with Crippen LogP contribution in [0.25, 0.3) is 5.70 Å². The van der Waals surface area contributed by atoms with E-state index in [1.54, 1.807) is 6.20 Å². The molecule has 1 radical (unpaired) electrons. The second kappa shape index (κ2) is 3.26. The molecule has 0 spiro atoms. The molecular weight excluding hydrogens is 166 g/mol. The molecular formula is C9H8N3O. The van der Waals surface area contributed by atoms with Crippen molar-refractivity contribution in [1.82, 2.24) is 10.3 Å². The van der Waals surface area contributed by atoms with Crippen LogP contribution in [0, 0.1) is 6.20 Å². The minimum absolute atomic E-state index is 0.0550. The van der Waals surface area contributed by atoms with Crippen LogP contribution in [0.1, 0.15) is 5.69 Å². The Morgan fingerprint density at radius 3 is 3.08 bits per heavy atom. The molecule has 1 aliphatic rings. The van der Waals surface area contributed by atoms with Crippen molar-refractivity contribution >= 4 is 11.6 Å². The SMILES string of the molecule is OC1=NC(c2ccccn2)=[C]NC1. The van der Waals surface area contributed by atoms with E-state index in [1.807, 2.05) is 18.2 Å². The average molecular weight is 174 g/mol. The molecule has 0 saturated heterocycles. The van der Waals surface area contributed by atoms with Crippen LogP contribution >= 0.6 is 0 Å². The van der Waals surface area contributed by atoms with E-state index < -0.39 is 0 Å². The number of aliphatic hydroxyl groups excluding tert-OH is 1. The average Bonchev–Trinajstić information content (AvgIpc) is 2.19. The Morgan fingerprint density at radius 1 is 1.46 bits per heavy atom. The fourth-order valence-electron chi connectivity index (χ4n) is 1.03. The molecule has 2 heterocycles. The van der Waals surface area contributed by atoms with Crippen LogP contribution in [0.2, 0.25) is 0 Å². The van der Waals surface area contributed by atoms with Crippen molar-refractivity contribution < 1.29 is 5.11 Å². The highest BCUT2D eigenvalue weighted by atomic mass is 16.3. The second-order valence-corrected chi connectivity index (χ2v) is 2.57. The predicted octanol–water partition coefficient (Wildman–Crippen LogP) is 0.743. The van der Waals surface area contributed by atoms with E-state index in [9.17, 15) is 0 Å². The third-order valence-electron chi connectivity index (χ3n) is 1.60. The number of rotatable bonds is 1. The highest BCUT2D eigenvalue weighted by Gasteiger charge is 2.07. The van der Waals surface area contributed by atoms with E-state index in [2.05, 4.69) is 21.5 Å². The zero-order valence-corrected chi connectivity index (χ0v) is 6.86. The minimum Gasteiger partial charge on any atom is -0.495 e. The lowest BCUT2D eigenvalue weighted by Gasteiger charge is -2.08. The van der Waals surface area contributed by atoms with Crippen molar-refractivity contribution in [2.45, 2.75) is 0 Å². The highest BCUT2D eigenvalue weighted by molar-refractivity contribution is 5.84. The van der Waals surface area contributed by atoms with Gasteiger partial charge in [0.1, 0.15) is 5.70 Å². The molecule has 4 heteroatoms. The van der Waals surface area contributed by atoms with Gasteiger partial charge in [0.05, 0.1) is 18.4 Å². The Labute approximate surface area is 75.7 Å². The summed E-state index contributed by atoms with van der Waals surface area (Å²) in [4.78, 5) is 7.98. The van der Waals surface area contributed by atoms with Gasteiger partial charge < -0.3 is 10.4 Å². The number of hydrogen-bond donors (Lipinski definition) is 2. The topological polar surface area (TPSA) is 57.5 Å². The Morgan fingerprint density at radius 2 is 2.38 bits per heavy atom. The minimum atomic E-state index is 0.0550. The van der Waals surface area contributed by atoms with E-state index in [-0.39, 0.29) is 5.90 Å². The first-order valence-electron chi connectivity index (χ1n) is 3.90. The lowest BCUT2D eigenvalue weighted by molar-refractivity contribution is 0.531. The largest absolute Gasteiger partial charge is 0.495 e. The van der Waals surface area contributed by atoms with Crippen molar-refractivity contribution in [2.75, 3.05) is 6.54 Å². The Hall–Kier alpha value is -1.84. The maximum Gasteiger partial charge on any atom is 0.206 e. The van der Waals surface area contributed by atoms with Gasteiger partial charge in [-0.25, -0.2) is 4.99 Å². The molecule has 0 amide bonds. The third kappa shape index (κ3) is 1.66. The summed E-state index contributed by atoms with van der Waals surface area (Å²) in [6.07, 6.45) is 4.49. The van der Waals surface area contributed by atoms with E-state index in [0.29, 0.717) is 17.9 Å². The van der Waals surface area contributed by atoms with Gasteiger partial charge in [-0.15, -0.1) is 0 Å². The number of pyridine rings is 1. The fraction of sp³-hybridized carbons (Fsp3) is 0.111. The maximum atomic E-state index is 9.14. The summed E-state index contributed by atoms with van der Waals surface area (Å²) >= 11 is 0. The van der Waals surface area contributed by atoms with E-state index >= 15 is 0 Å². The van der Waals surface area contributed by atoms with Gasteiger partial charge in [0.25, 0.3) is 0 Å². The lowest BCUT2D eigenvalue weighted by Crippen LogP contribution is -2.22. The Kier molecular flexibility index (Phi) is 1.96. The van der Waals surface area contributed by atoms with Gasteiger partial charge in [-0.3, -0.25) is 4.98 Å². The quantitative estimate of drug-likeness (QED) is 0.660. The molecule has 0 fully saturated rings. The summed E-state index contributed by atoms with van der Waals surface area (Å²) in [5, 5.41) is 11.9. The van der Waals surface area contributed by atoms with Crippen LogP contribution in [0.3, 0.4) is 0 Å². The fourth-order valence-corrected chi connectivity index (χ4v) is 1.03. The summed E-state index contributed by atoms with van der Waals surface area (Å²) < 4.78 is 0. The van der Waals surface area contributed by atoms with Gasteiger partial charge in [0.15, 0.2) is 0 Å². The maximum absolute atomic E-state index is 9.14. The van der Waals surface area contributed by atoms with E-state index in [1.165, 1.54) is 0 Å². The normalized spacial score (nSPS) is 15.7. The smallest absolute Gasteiger partial charge is 0.206 e. The van der Waals surface area contributed by atoms with Gasteiger partial charge in [-0.05, 0) is 12.1 Å². The molecule has 1 aromatic rings. The van der Waals surface area contributed by atoms with Crippen LogP contribution in [0.5, 0.6) is 0 Å². The third-order valence-corrected chi connectivity index (χ3v) is 1.60. The molecule has 0 atom stereocenters. The second-order valence-electron chi connectivity index (χ2n) is 2.57. The number of hydrogen-bond acceptors (Lipinski definition) is 3. The van der Waals surface area contributed by atoms with Crippen molar-refractivity contribution in [2.24, 2.45) is 4.99 Å². The molecule has 1 aliphatic heterocycles. The zero-order valence-electron chi connectivity index (χ0n) is 6.86. The summed E-state index contributed by atoms with van der Waals surface area (Å²) in [5.41, 5.74) is 1.23. The number of aliphatic imine (C=N–C) groups is 1. The van der Waals surface area contributed by atoms with Gasteiger partial charge in [0.2, 0.25) is 5.90 Å². The first-order valence-corrected chi connectivity index (χ1v) is 3.90. The molecule has 13 heavy (non-hydrogen) atoms. The van der Waals surface area contributed by atoms with Gasteiger partial charge in [-0.2, -0.15) is 0 Å². The molecule has 0 saturated carbocycles. The molecule has 65 valence electrons. The van der Waals surface area contributed by atoms with E-state index in [0.717, 1.165) is 0 Å². The molecule has 0 unspecified atom stereocenters. The van der Waals surface area contributed by atoms with E-state index in [4.69, 9.17) is 5.11 Å². The number of aromatic nitrogens is 1. The molecule has 4 nitrogen and oxygen atoms in total. The summed E-state index contributed by atoms with van der Waals surface area (Å²) in [5.74, 6) is 0.0550. The number of aliphatic hydroxyl groups is 1. The van der Waals surface area contributed by atoms with Gasteiger partial charge in [-0.1, -0.05) is 6.07 Å². The standard InChI is InChI=1S/C9H8N3O/c13-9-6-10-5-8(12-9)7-3-1-2-4-11-7/h1-4,10H,6H2,(H,12,13). The molecule has 2 N–H and O–H groups in total. The predicted molar refractivity (Wildman–Crippen MR) is 49.0 cm³/mol. The molecule has 2 rings (SSSR count). The van der Waals surface area contributed by atoms with Crippen LogP contribution in [-0.4, -0.2) is 22.5 Å². The Balaban J connectivity index is 2.33. The van der Waals surface area contributed by atoms with Crippen molar-refractivity contribution in [1.29, 1.82) is 0 Å². The van der Waals surface area contributed by atoms with Gasteiger partial charge in [0, 0.05) is 6.20 Å². The van der Waals surface area contributed by atoms with Crippen LogP contribution in [0.15, 0.2) is 29.4 Å². The van der Waals surface area contributed by atoms with Gasteiger partial charge >= 0.3 is 0 Å². The lowest BCUT2D eigenvalue weighted by atomic mass is 10.3. The Bertz CT molecular complexity index is 356. The molecule has 0 aliphatic carbocycles. The summed E-state index contributed by atoms with van der Waals surface area (Å²) in [6.45, 7) is 0.330. The van der Waals surface area contributed by atoms with Crippen LogP contribution in [-0.2, 0) is 0 Å². The zero-order chi connectivity index (χ0) is 9.10. The summed E-state index contributed by atoms with van der Waals surface area (Å²) in [7, 11) is 0. The number of nitrogens with one attached hydrogen (secondary N) is 1. The molecule has 1 aromatic heterocycles. The van der Waals surface area contributed by atoms with Crippen molar-refractivity contribution in [3.8, 4) is 0 Å². The molecule has 0 bridgehead atoms. The first kappa shape index (κ1) is 7.79. The van der Waals surface area contributed by atoms with Crippen molar-refractivity contribution in [3.63, 3.8) is 0 Å². The van der Waals surface area contributed by atoms with Crippen LogP contribution < -0.4 is 5.32 Å². The monoisotopic (exact) mass is 174 g/mol. The molecule has 0 aromatic carbocycles.